The van der Waals surface area contributed by atoms with E-state index in [1.165, 1.54) is 21.8 Å². The molecule has 7 aromatic rings. The Hall–Kier alpha value is -3.90. The minimum Gasteiger partial charge on any atom is -0.423 e. The van der Waals surface area contributed by atoms with Crippen molar-refractivity contribution in [2.24, 2.45) is 0 Å². The molecule has 2 aromatic heterocycles. The van der Waals surface area contributed by atoms with Gasteiger partial charge in [0.2, 0.25) is 0 Å². The number of nitrogens with zero attached hydrogens (tertiary/aromatic N) is 1. The van der Waals surface area contributed by atoms with Gasteiger partial charge in [0.25, 0.3) is 0 Å². The minimum atomic E-state index is -1.50. The zero-order chi connectivity index (χ0) is 25.5. The van der Waals surface area contributed by atoms with Gasteiger partial charge in [-0.2, -0.15) is 0 Å². The lowest BCUT2D eigenvalue weighted by molar-refractivity contribution is 0.426. The summed E-state index contributed by atoms with van der Waals surface area (Å²) in [5.74, 6) is 0. The van der Waals surface area contributed by atoms with Gasteiger partial charge in [-0.15, -0.1) is 11.3 Å². The Bertz CT molecular complexity index is 1890. The summed E-state index contributed by atoms with van der Waals surface area (Å²) in [6.07, 6.45) is 0. The second-order valence-corrected chi connectivity index (χ2v) is 9.91. The molecular formula is C32H26BNO2S. The van der Waals surface area contributed by atoms with E-state index in [0.29, 0.717) is 5.46 Å². The molecule has 37 heavy (non-hydrogen) atoms. The Labute approximate surface area is 220 Å². The van der Waals surface area contributed by atoms with Crippen molar-refractivity contribution < 1.29 is 10.0 Å². The summed E-state index contributed by atoms with van der Waals surface area (Å²) in [6, 6.07) is 37.8. The smallest absolute Gasteiger partial charge is 0.423 e. The molecule has 5 aromatic carbocycles. The van der Waals surface area contributed by atoms with Crippen molar-refractivity contribution in [2.45, 2.75) is 13.8 Å². The summed E-state index contributed by atoms with van der Waals surface area (Å²) in [6.45, 7) is 4.00. The first kappa shape index (κ1) is 23.5. The van der Waals surface area contributed by atoms with Crippen LogP contribution in [0, 0.1) is 0 Å². The lowest BCUT2D eigenvalue weighted by atomic mass is 9.77. The van der Waals surface area contributed by atoms with E-state index >= 15 is 0 Å². The van der Waals surface area contributed by atoms with Gasteiger partial charge < -0.3 is 14.6 Å². The quantitative estimate of drug-likeness (QED) is 0.247. The van der Waals surface area contributed by atoms with Gasteiger partial charge in [0.15, 0.2) is 0 Å². The van der Waals surface area contributed by atoms with Crippen molar-refractivity contribution in [1.82, 2.24) is 4.57 Å². The molecule has 0 saturated heterocycles. The Morgan fingerprint density at radius 2 is 1.27 bits per heavy atom. The third kappa shape index (κ3) is 3.83. The highest BCUT2D eigenvalue weighted by Crippen LogP contribution is 2.38. The molecule has 0 fully saturated rings. The van der Waals surface area contributed by atoms with E-state index in [2.05, 4.69) is 89.5 Å². The maximum Gasteiger partial charge on any atom is 0.489 e. The zero-order valence-electron chi connectivity index (χ0n) is 20.7. The largest absolute Gasteiger partial charge is 0.489 e. The molecule has 5 heteroatoms. The van der Waals surface area contributed by atoms with Crippen molar-refractivity contribution >= 4 is 65.9 Å². The second-order valence-electron chi connectivity index (χ2n) is 8.83. The number of hydrogen-bond acceptors (Lipinski definition) is 3. The van der Waals surface area contributed by atoms with Crippen LogP contribution in [0.1, 0.15) is 13.8 Å². The van der Waals surface area contributed by atoms with Crippen LogP contribution in [-0.4, -0.2) is 21.7 Å². The van der Waals surface area contributed by atoms with Crippen molar-refractivity contribution in [1.29, 1.82) is 0 Å². The standard InChI is InChI=1S/C30H20BNO2S.C2H6/c33-31(34)25-10-6-12-29-30(25)24-18-20(14-16-28(24)35-29)19-13-15-27-23(17-19)22-9-4-5-11-26(22)32(27)21-7-2-1-3-8-21;1-2/h1-18,33-34H;1-2H3. The van der Waals surface area contributed by atoms with Crippen LogP contribution in [-0.2, 0) is 0 Å². The molecule has 0 radical (unpaired) electrons. The first-order chi connectivity index (χ1) is 18.2. The monoisotopic (exact) mass is 499 g/mol. The number of rotatable bonds is 3. The molecule has 2 heterocycles. The van der Waals surface area contributed by atoms with E-state index in [1.807, 2.05) is 32.0 Å². The fourth-order valence-corrected chi connectivity index (χ4v) is 6.38. The maximum absolute atomic E-state index is 9.96. The number of benzene rings is 5. The molecule has 0 aliphatic heterocycles. The normalized spacial score (nSPS) is 11.2. The lowest BCUT2D eigenvalue weighted by Gasteiger charge is -2.08. The molecule has 0 spiro atoms. The summed E-state index contributed by atoms with van der Waals surface area (Å²) in [5, 5.41) is 24.3. The average molecular weight is 499 g/mol. The molecule has 0 saturated carbocycles. The molecule has 0 bridgehead atoms. The SMILES string of the molecule is CC.OB(O)c1cccc2sc3ccc(-c4ccc5c(c4)c4ccccc4n5-c4ccccc4)cc3c12. The van der Waals surface area contributed by atoms with E-state index in [4.69, 9.17) is 0 Å². The van der Waals surface area contributed by atoms with Crippen molar-refractivity contribution in [3.05, 3.63) is 109 Å². The third-order valence-electron chi connectivity index (χ3n) is 6.83. The van der Waals surface area contributed by atoms with Gasteiger partial charge in [-0.25, -0.2) is 0 Å². The van der Waals surface area contributed by atoms with Crippen LogP contribution in [0.4, 0.5) is 0 Å². The summed E-state index contributed by atoms with van der Waals surface area (Å²) in [5.41, 5.74) is 6.30. The fraction of sp³-hybridized carbons (Fsp3) is 0.0625. The van der Waals surface area contributed by atoms with Crippen LogP contribution in [0.25, 0.3) is 58.8 Å². The second kappa shape index (κ2) is 9.53. The molecule has 2 N–H and O–H groups in total. The summed E-state index contributed by atoms with van der Waals surface area (Å²) in [7, 11) is -1.50. The molecule has 0 aliphatic rings. The Morgan fingerprint density at radius 1 is 0.595 bits per heavy atom. The van der Waals surface area contributed by atoms with Gasteiger partial charge in [-0.1, -0.05) is 74.5 Å². The summed E-state index contributed by atoms with van der Waals surface area (Å²) >= 11 is 1.68. The highest BCUT2D eigenvalue weighted by atomic mass is 32.1. The predicted octanol–water partition coefficient (Wildman–Crippen LogP) is 7.52. The molecule has 0 amide bonds. The summed E-state index contributed by atoms with van der Waals surface area (Å²) in [4.78, 5) is 0. The van der Waals surface area contributed by atoms with Gasteiger partial charge in [-0.05, 0) is 65.1 Å². The molecule has 7 rings (SSSR count). The van der Waals surface area contributed by atoms with Crippen LogP contribution in [0.5, 0.6) is 0 Å². The molecule has 180 valence electrons. The molecular weight excluding hydrogens is 473 g/mol. The molecule has 3 nitrogen and oxygen atoms in total. The number of para-hydroxylation sites is 2. The van der Waals surface area contributed by atoms with Gasteiger partial charge in [-0.3, -0.25) is 0 Å². The number of thiophene rings is 1. The first-order valence-corrected chi connectivity index (χ1v) is 13.4. The van der Waals surface area contributed by atoms with Gasteiger partial charge in [0.05, 0.1) is 11.0 Å². The Morgan fingerprint density at radius 3 is 2.05 bits per heavy atom. The highest BCUT2D eigenvalue weighted by Gasteiger charge is 2.19. The Kier molecular flexibility index (Phi) is 6.05. The number of hydrogen-bond donors (Lipinski definition) is 2. The van der Waals surface area contributed by atoms with E-state index in [1.54, 1.807) is 17.4 Å². The van der Waals surface area contributed by atoms with E-state index in [9.17, 15) is 10.0 Å². The van der Waals surface area contributed by atoms with Crippen LogP contribution in [0.2, 0.25) is 0 Å². The van der Waals surface area contributed by atoms with Crippen molar-refractivity contribution in [3.63, 3.8) is 0 Å². The fourth-order valence-electron chi connectivity index (χ4n) is 5.26. The zero-order valence-corrected chi connectivity index (χ0v) is 21.5. The van der Waals surface area contributed by atoms with Crippen molar-refractivity contribution in [2.75, 3.05) is 0 Å². The number of aromatic nitrogens is 1. The van der Waals surface area contributed by atoms with Gasteiger partial charge in [0.1, 0.15) is 0 Å². The molecule has 0 unspecified atom stereocenters. The maximum atomic E-state index is 9.96. The minimum absolute atomic E-state index is 0.548. The topological polar surface area (TPSA) is 45.4 Å². The van der Waals surface area contributed by atoms with Crippen LogP contribution < -0.4 is 5.46 Å². The third-order valence-corrected chi connectivity index (χ3v) is 7.96. The number of fused-ring (bicyclic) bond motifs is 6. The first-order valence-electron chi connectivity index (χ1n) is 12.6. The predicted molar refractivity (Wildman–Crippen MR) is 160 cm³/mol. The van der Waals surface area contributed by atoms with Crippen molar-refractivity contribution in [3.8, 4) is 16.8 Å². The van der Waals surface area contributed by atoms with Gasteiger partial charge in [0, 0.05) is 36.6 Å². The van der Waals surface area contributed by atoms with Gasteiger partial charge >= 0.3 is 7.12 Å². The Balaban J connectivity index is 0.00000123. The van der Waals surface area contributed by atoms with Crippen LogP contribution in [0.15, 0.2) is 109 Å². The van der Waals surface area contributed by atoms with Crippen LogP contribution in [0.3, 0.4) is 0 Å². The highest BCUT2D eigenvalue weighted by molar-refractivity contribution is 7.26. The van der Waals surface area contributed by atoms with E-state index in [-0.39, 0.29) is 0 Å². The molecule has 0 aliphatic carbocycles. The lowest BCUT2D eigenvalue weighted by Crippen LogP contribution is -2.30. The average Bonchev–Trinajstić information content (AvgIpc) is 3.49. The van der Waals surface area contributed by atoms with Crippen LogP contribution >= 0.6 is 11.3 Å². The van der Waals surface area contributed by atoms with E-state index in [0.717, 1.165) is 37.0 Å². The molecule has 0 atom stereocenters. The summed E-state index contributed by atoms with van der Waals surface area (Å²) < 4.78 is 4.52. The van der Waals surface area contributed by atoms with E-state index < -0.39 is 7.12 Å².